The molecule has 0 saturated carbocycles. The lowest BCUT2D eigenvalue weighted by Gasteiger charge is -2.37. The number of methoxy groups -OCH3 is 1. The number of rotatable bonds is 9. The molecule has 1 fully saturated rings. The van der Waals surface area contributed by atoms with Crippen LogP contribution in [-0.4, -0.2) is 80.6 Å². The standard InChI is InChI=1S/C28H35N9O3/c1-6-25(39)30-21-13-22(24(40-5)14-23(21)36-10-7-19(8-11-36)34(2)3)31-28-32-26(18-15-29-35(4)16-18)20-9-12-37(17-38)27(20)33-28/h6,9,12-16,19,38H,1,7-8,10-11,17H2,2-5H3,(H,30,39)(H,31,32,33). The Bertz CT molecular complexity index is 1530. The van der Waals surface area contributed by atoms with Crippen LogP contribution in [0.3, 0.4) is 0 Å². The van der Waals surface area contributed by atoms with Gasteiger partial charge in [0.1, 0.15) is 18.1 Å². The molecule has 40 heavy (non-hydrogen) atoms. The monoisotopic (exact) mass is 545 g/mol. The lowest BCUT2D eigenvalue weighted by Crippen LogP contribution is -2.42. The number of ether oxygens (including phenoxy) is 1. The molecule has 0 bridgehead atoms. The van der Waals surface area contributed by atoms with E-state index < -0.39 is 0 Å². The van der Waals surface area contributed by atoms with Crippen molar-refractivity contribution in [2.24, 2.45) is 7.05 Å². The second-order valence-electron chi connectivity index (χ2n) is 10.0. The highest BCUT2D eigenvalue weighted by Crippen LogP contribution is 2.40. The summed E-state index contributed by atoms with van der Waals surface area (Å²) >= 11 is 0. The molecule has 0 radical (unpaired) electrons. The molecule has 4 aromatic rings. The Labute approximate surface area is 232 Å². The van der Waals surface area contributed by atoms with Crippen LogP contribution >= 0.6 is 0 Å². The maximum atomic E-state index is 12.4. The molecule has 1 amide bonds. The maximum Gasteiger partial charge on any atom is 0.247 e. The van der Waals surface area contributed by atoms with Crippen LogP contribution in [0.2, 0.25) is 0 Å². The molecule has 1 aliphatic rings. The van der Waals surface area contributed by atoms with Gasteiger partial charge in [-0.15, -0.1) is 0 Å². The minimum absolute atomic E-state index is 0.229. The molecule has 3 aromatic heterocycles. The zero-order valence-corrected chi connectivity index (χ0v) is 23.3. The number of nitrogens with zero attached hydrogens (tertiary/aromatic N) is 7. The molecule has 1 aliphatic heterocycles. The molecule has 12 nitrogen and oxygen atoms in total. The fourth-order valence-electron chi connectivity index (χ4n) is 5.12. The quantitative estimate of drug-likeness (QED) is 0.272. The second kappa shape index (κ2) is 11.4. The van der Waals surface area contributed by atoms with Crippen molar-refractivity contribution in [2.45, 2.75) is 25.6 Å². The third-order valence-electron chi connectivity index (χ3n) is 7.29. The van der Waals surface area contributed by atoms with Crippen molar-refractivity contribution in [3.8, 4) is 17.0 Å². The van der Waals surface area contributed by atoms with Gasteiger partial charge in [-0.1, -0.05) is 6.58 Å². The average Bonchev–Trinajstić information content (AvgIpc) is 3.58. The predicted octanol–water partition coefficient (Wildman–Crippen LogP) is 3.19. The highest BCUT2D eigenvalue weighted by atomic mass is 16.5. The van der Waals surface area contributed by atoms with Crippen molar-refractivity contribution in [3.63, 3.8) is 0 Å². The van der Waals surface area contributed by atoms with Gasteiger partial charge in [-0.3, -0.25) is 9.48 Å². The summed E-state index contributed by atoms with van der Waals surface area (Å²) in [5.74, 6) is 0.571. The van der Waals surface area contributed by atoms with Crippen LogP contribution < -0.4 is 20.3 Å². The van der Waals surface area contributed by atoms with Gasteiger partial charge >= 0.3 is 0 Å². The van der Waals surface area contributed by atoms with Crippen molar-refractivity contribution in [1.82, 2.24) is 29.2 Å². The highest BCUT2D eigenvalue weighted by Gasteiger charge is 2.25. The third-order valence-corrected chi connectivity index (χ3v) is 7.29. The Hall–Kier alpha value is -4.42. The molecule has 1 aromatic carbocycles. The Morgan fingerprint density at radius 1 is 1.25 bits per heavy atom. The molecule has 4 heterocycles. The number of benzene rings is 1. The minimum Gasteiger partial charge on any atom is -0.494 e. The smallest absolute Gasteiger partial charge is 0.247 e. The summed E-state index contributed by atoms with van der Waals surface area (Å²) in [5, 5.41) is 21.2. The van der Waals surface area contributed by atoms with E-state index in [-0.39, 0.29) is 12.6 Å². The van der Waals surface area contributed by atoms with Gasteiger partial charge in [0.15, 0.2) is 0 Å². The molecule has 5 rings (SSSR count). The number of carbonyl (C=O) groups excluding carboxylic acids is 1. The fourth-order valence-corrected chi connectivity index (χ4v) is 5.12. The number of aliphatic hydroxyl groups excluding tert-OH is 1. The lowest BCUT2D eigenvalue weighted by molar-refractivity contribution is -0.111. The summed E-state index contributed by atoms with van der Waals surface area (Å²) in [6.07, 6.45) is 8.65. The molecule has 210 valence electrons. The van der Waals surface area contributed by atoms with E-state index in [4.69, 9.17) is 14.7 Å². The summed E-state index contributed by atoms with van der Waals surface area (Å²) in [5.41, 5.74) is 4.13. The molecule has 12 heteroatoms. The first-order valence-electron chi connectivity index (χ1n) is 13.1. The van der Waals surface area contributed by atoms with E-state index in [0.717, 1.165) is 42.6 Å². The fraction of sp³-hybridized carbons (Fsp3) is 0.357. The Kier molecular flexibility index (Phi) is 7.71. The van der Waals surface area contributed by atoms with E-state index in [1.165, 1.54) is 6.08 Å². The second-order valence-corrected chi connectivity index (χ2v) is 10.0. The number of fused-ring (bicyclic) bond motifs is 1. The first-order valence-corrected chi connectivity index (χ1v) is 13.1. The Balaban J connectivity index is 1.56. The van der Waals surface area contributed by atoms with Crippen molar-refractivity contribution >= 4 is 40.0 Å². The zero-order valence-electron chi connectivity index (χ0n) is 23.3. The van der Waals surface area contributed by atoms with E-state index >= 15 is 0 Å². The van der Waals surface area contributed by atoms with E-state index in [1.807, 2.05) is 31.4 Å². The van der Waals surface area contributed by atoms with Gasteiger partial charge in [-0.25, -0.2) is 4.98 Å². The van der Waals surface area contributed by atoms with E-state index in [0.29, 0.717) is 40.5 Å². The molecule has 0 aliphatic carbocycles. The van der Waals surface area contributed by atoms with Crippen molar-refractivity contribution in [1.29, 1.82) is 0 Å². The van der Waals surface area contributed by atoms with Crippen LogP contribution in [-0.2, 0) is 18.6 Å². The SMILES string of the molecule is C=CC(=O)Nc1cc(Nc2nc(-c3cnn(C)c3)c3ccn(CO)c3n2)c(OC)cc1N1CCC(N(C)C)CC1. The normalized spacial score (nSPS) is 14.1. The van der Waals surface area contributed by atoms with E-state index in [1.54, 1.807) is 28.8 Å². The Morgan fingerprint density at radius 2 is 2.02 bits per heavy atom. The number of amides is 1. The number of carbonyl (C=O) groups is 1. The van der Waals surface area contributed by atoms with Crippen LogP contribution in [0.25, 0.3) is 22.3 Å². The van der Waals surface area contributed by atoms with Gasteiger partial charge in [0, 0.05) is 55.6 Å². The molecule has 3 N–H and O–H groups in total. The number of aliphatic hydroxyl groups is 1. The number of aromatic nitrogens is 5. The van der Waals surface area contributed by atoms with E-state index in [9.17, 15) is 9.90 Å². The summed E-state index contributed by atoms with van der Waals surface area (Å²) in [7, 11) is 7.66. The number of aryl methyl sites for hydroxylation is 1. The van der Waals surface area contributed by atoms with Crippen molar-refractivity contribution in [3.05, 3.63) is 49.4 Å². The molecule has 1 saturated heterocycles. The number of anilines is 4. The van der Waals surface area contributed by atoms with Crippen LogP contribution in [0.1, 0.15) is 12.8 Å². The number of hydrogen-bond donors (Lipinski definition) is 3. The van der Waals surface area contributed by atoms with Crippen molar-refractivity contribution in [2.75, 3.05) is 49.8 Å². The van der Waals surface area contributed by atoms with Gasteiger partial charge in [0.2, 0.25) is 11.9 Å². The molecule has 0 atom stereocenters. The maximum absolute atomic E-state index is 12.4. The molecule has 0 spiro atoms. The van der Waals surface area contributed by atoms with Gasteiger partial charge in [-0.05, 0) is 45.1 Å². The van der Waals surface area contributed by atoms with Crippen LogP contribution in [0.15, 0.2) is 49.4 Å². The van der Waals surface area contributed by atoms with Gasteiger partial charge in [0.25, 0.3) is 0 Å². The van der Waals surface area contributed by atoms with Gasteiger partial charge < -0.3 is 34.8 Å². The number of nitrogens with one attached hydrogen (secondary N) is 2. The minimum atomic E-state index is -0.308. The van der Waals surface area contributed by atoms with Gasteiger partial charge in [-0.2, -0.15) is 10.1 Å². The predicted molar refractivity (Wildman–Crippen MR) is 156 cm³/mol. The van der Waals surface area contributed by atoms with Crippen LogP contribution in [0, 0.1) is 0 Å². The summed E-state index contributed by atoms with van der Waals surface area (Å²) < 4.78 is 9.13. The van der Waals surface area contributed by atoms with E-state index in [2.05, 4.69) is 46.2 Å². The molecular weight excluding hydrogens is 510 g/mol. The summed E-state index contributed by atoms with van der Waals surface area (Å²) in [6, 6.07) is 6.14. The van der Waals surface area contributed by atoms with Crippen LogP contribution in [0.4, 0.5) is 23.0 Å². The zero-order chi connectivity index (χ0) is 28.4. The largest absolute Gasteiger partial charge is 0.494 e. The first-order chi connectivity index (χ1) is 19.3. The highest BCUT2D eigenvalue weighted by molar-refractivity contribution is 6.02. The summed E-state index contributed by atoms with van der Waals surface area (Å²) in [6.45, 7) is 5.08. The lowest BCUT2D eigenvalue weighted by atomic mass is 10.0. The molecular formula is C28H35N9O3. The topological polar surface area (TPSA) is 126 Å². The van der Waals surface area contributed by atoms with Gasteiger partial charge in [0.05, 0.1) is 36.1 Å². The average molecular weight is 546 g/mol. The number of piperidine rings is 1. The molecule has 0 unspecified atom stereocenters. The van der Waals surface area contributed by atoms with Crippen LogP contribution in [0.5, 0.6) is 5.75 Å². The van der Waals surface area contributed by atoms with Crippen molar-refractivity contribution < 1.29 is 14.6 Å². The Morgan fingerprint density at radius 3 is 2.65 bits per heavy atom. The summed E-state index contributed by atoms with van der Waals surface area (Å²) in [4.78, 5) is 26.4. The first kappa shape index (κ1) is 27.2. The number of hydrogen-bond acceptors (Lipinski definition) is 9. The third kappa shape index (κ3) is 5.36.